The molecule has 0 saturated heterocycles. The lowest BCUT2D eigenvalue weighted by Crippen LogP contribution is -2.45. The first kappa shape index (κ1) is 20.7. The molecule has 0 aliphatic heterocycles. The fourth-order valence-corrected chi connectivity index (χ4v) is 2.99. The topological polar surface area (TPSA) is 60.2 Å². The van der Waals surface area contributed by atoms with Gasteiger partial charge in [0.05, 0.1) is 18.2 Å². The fraction of sp³-hybridized carbons (Fsp3) is 0.556. The molecular formula is C18H26FIN4. The predicted molar refractivity (Wildman–Crippen MR) is 106 cm³/mol. The lowest BCUT2D eigenvalue weighted by atomic mass is 9.87. The summed E-state index contributed by atoms with van der Waals surface area (Å²) in [5.41, 5.74) is 0.828. The van der Waals surface area contributed by atoms with Gasteiger partial charge in [-0.2, -0.15) is 5.26 Å². The Balaban J connectivity index is 0.00000288. The lowest BCUT2D eigenvalue weighted by molar-refractivity contribution is 0.324. The van der Waals surface area contributed by atoms with E-state index in [1.54, 1.807) is 12.1 Å². The first-order valence-electron chi connectivity index (χ1n) is 8.35. The maximum atomic E-state index is 13.9. The van der Waals surface area contributed by atoms with Crippen LogP contribution in [0.15, 0.2) is 23.2 Å². The third kappa shape index (κ3) is 6.27. The molecule has 2 N–H and O–H groups in total. The number of nitrogens with zero attached hydrogens (tertiary/aromatic N) is 2. The Morgan fingerprint density at radius 2 is 2.21 bits per heavy atom. The maximum Gasteiger partial charge on any atom is 0.191 e. The standard InChI is InChI=1S/C18H25FN4.HI/c1-3-21-18(23-16-6-4-5-13(2)9-16)22-12-15-8-7-14(11-20)10-17(15)19;/h7-8,10,13,16H,3-6,9,12H2,1-2H3,(H2,21,22,23);1H. The van der Waals surface area contributed by atoms with E-state index in [1.807, 2.05) is 13.0 Å². The molecule has 0 amide bonds. The first-order valence-corrected chi connectivity index (χ1v) is 8.35. The van der Waals surface area contributed by atoms with Gasteiger partial charge in [0.15, 0.2) is 5.96 Å². The highest BCUT2D eigenvalue weighted by Crippen LogP contribution is 2.23. The van der Waals surface area contributed by atoms with Crippen molar-refractivity contribution >= 4 is 29.9 Å². The van der Waals surface area contributed by atoms with E-state index in [2.05, 4.69) is 22.5 Å². The maximum absolute atomic E-state index is 13.9. The quantitative estimate of drug-likeness (QED) is 0.420. The van der Waals surface area contributed by atoms with E-state index >= 15 is 0 Å². The molecule has 24 heavy (non-hydrogen) atoms. The van der Waals surface area contributed by atoms with E-state index in [9.17, 15) is 4.39 Å². The van der Waals surface area contributed by atoms with Crippen molar-refractivity contribution in [2.45, 2.75) is 52.1 Å². The zero-order chi connectivity index (χ0) is 16.7. The minimum atomic E-state index is -0.380. The van der Waals surface area contributed by atoms with Crippen molar-refractivity contribution in [1.82, 2.24) is 10.6 Å². The summed E-state index contributed by atoms with van der Waals surface area (Å²) in [6.07, 6.45) is 4.83. The summed E-state index contributed by atoms with van der Waals surface area (Å²) in [5, 5.41) is 15.5. The second-order valence-corrected chi connectivity index (χ2v) is 6.23. The van der Waals surface area contributed by atoms with Crippen LogP contribution in [0.3, 0.4) is 0 Å². The van der Waals surface area contributed by atoms with E-state index in [0.29, 0.717) is 17.2 Å². The monoisotopic (exact) mass is 444 g/mol. The van der Waals surface area contributed by atoms with Crippen molar-refractivity contribution in [2.24, 2.45) is 10.9 Å². The molecule has 2 atom stereocenters. The second kappa shape index (κ2) is 10.5. The number of hydrogen-bond acceptors (Lipinski definition) is 2. The molecular weight excluding hydrogens is 418 g/mol. The third-order valence-electron chi connectivity index (χ3n) is 4.21. The van der Waals surface area contributed by atoms with E-state index in [4.69, 9.17) is 5.26 Å². The number of nitrogens with one attached hydrogen (secondary N) is 2. The van der Waals surface area contributed by atoms with Crippen molar-refractivity contribution in [3.05, 3.63) is 35.1 Å². The zero-order valence-electron chi connectivity index (χ0n) is 14.3. The van der Waals surface area contributed by atoms with Crippen molar-refractivity contribution in [3.8, 4) is 6.07 Å². The van der Waals surface area contributed by atoms with Crippen LogP contribution in [0, 0.1) is 23.1 Å². The molecule has 1 aromatic rings. The number of nitriles is 1. The molecule has 2 unspecified atom stereocenters. The molecule has 2 rings (SSSR count). The van der Waals surface area contributed by atoms with E-state index in [1.165, 1.54) is 18.9 Å². The second-order valence-electron chi connectivity index (χ2n) is 6.23. The van der Waals surface area contributed by atoms with Crippen LogP contribution in [0.2, 0.25) is 0 Å². The van der Waals surface area contributed by atoms with Gasteiger partial charge in [0.2, 0.25) is 0 Å². The summed E-state index contributed by atoms with van der Waals surface area (Å²) in [7, 11) is 0. The van der Waals surface area contributed by atoms with Gasteiger partial charge in [-0.1, -0.05) is 25.8 Å². The number of halogens is 2. The smallest absolute Gasteiger partial charge is 0.191 e. The third-order valence-corrected chi connectivity index (χ3v) is 4.21. The number of benzene rings is 1. The Labute approximate surface area is 161 Å². The Morgan fingerprint density at radius 1 is 1.42 bits per heavy atom. The van der Waals surface area contributed by atoms with Crippen molar-refractivity contribution < 1.29 is 4.39 Å². The molecule has 0 radical (unpaired) electrons. The highest BCUT2D eigenvalue weighted by Gasteiger charge is 2.19. The summed E-state index contributed by atoms with van der Waals surface area (Å²) in [6.45, 7) is 5.33. The van der Waals surface area contributed by atoms with Gasteiger partial charge in [-0.15, -0.1) is 24.0 Å². The minimum absolute atomic E-state index is 0. The van der Waals surface area contributed by atoms with E-state index in [0.717, 1.165) is 31.3 Å². The first-order chi connectivity index (χ1) is 11.1. The van der Waals surface area contributed by atoms with Crippen LogP contribution >= 0.6 is 24.0 Å². The number of hydrogen-bond donors (Lipinski definition) is 2. The molecule has 0 aromatic heterocycles. The average Bonchev–Trinajstić information content (AvgIpc) is 2.53. The fourth-order valence-electron chi connectivity index (χ4n) is 2.99. The van der Waals surface area contributed by atoms with Crippen molar-refractivity contribution in [2.75, 3.05) is 6.54 Å². The molecule has 1 aliphatic carbocycles. The van der Waals surface area contributed by atoms with Gasteiger partial charge in [-0.05, 0) is 37.8 Å². The van der Waals surface area contributed by atoms with Crippen LogP contribution in [-0.2, 0) is 6.54 Å². The predicted octanol–water partition coefficient (Wildman–Crippen LogP) is 3.95. The summed E-state index contributed by atoms with van der Waals surface area (Å²) in [4.78, 5) is 4.49. The van der Waals surface area contributed by atoms with Crippen LogP contribution in [0.1, 0.15) is 50.7 Å². The average molecular weight is 444 g/mol. The number of rotatable bonds is 4. The van der Waals surface area contributed by atoms with Crippen LogP contribution in [-0.4, -0.2) is 18.5 Å². The van der Waals surface area contributed by atoms with Crippen molar-refractivity contribution in [3.63, 3.8) is 0 Å². The summed E-state index contributed by atoms with van der Waals surface area (Å²) >= 11 is 0. The Kier molecular flexibility index (Phi) is 9.04. The van der Waals surface area contributed by atoms with Gasteiger partial charge in [0.1, 0.15) is 5.82 Å². The normalized spacial score (nSPS) is 20.7. The van der Waals surface area contributed by atoms with Crippen molar-refractivity contribution in [1.29, 1.82) is 5.26 Å². The molecule has 1 aliphatic rings. The highest BCUT2D eigenvalue weighted by molar-refractivity contribution is 14.0. The van der Waals surface area contributed by atoms with Crippen LogP contribution in [0.25, 0.3) is 0 Å². The highest BCUT2D eigenvalue weighted by atomic mass is 127. The molecule has 1 saturated carbocycles. The lowest BCUT2D eigenvalue weighted by Gasteiger charge is -2.28. The Hall–Kier alpha value is -1.36. The van der Waals surface area contributed by atoms with E-state index in [-0.39, 0.29) is 36.3 Å². The van der Waals surface area contributed by atoms with Gasteiger partial charge in [-0.25, -0.2) is 9.38 Å². The summed E-state index contributed by atoms with van der Waals surface area (Å²) in [5.74, 6) is 1.09. The molecule has 6 heteroatoms. The number of aliphatic imine (C=N–C) groups is 1. The summed E-state index contributed by atoms with van der Waals surface area (Å²) < 4.78 is 13.9. The molecule has 0 spiro atoms. The number of guanidine groups is 1. The van der Waals surface area contributed by atoms with Crippen LogP contribution in [0.4, 0.5) is 4.39 Å². The molecule has 4 nitrogen and oxygen atoms in total. The van der Waals surface area contributed by atoms with Crippen LogP contribution < -0.4 is 10.6 Å². The minimum Gasteiger partial charge on any atom is -0.357 e. The molecule has 0 bridgehead atoms. The molecule has 1 aromatic carbocycles. The van der Waals surface area contributed by atoms with Crippen LogP contribution in [0.5, 0.6) is 0 Å². The van der Waals surface area contributed by atoms with Gasteiger partial charge in [0.25, 0.3) is 0 Å². The van der Waals surface area contributed by atoms with Gasteiger partial charge in [-0.3, -0.25) is 0 Å². The Bertz CT molecular complexity index is 597. The molecule has 0 heterocycles. The molecule has 1 fully saturated rings. The van der Waals surface area contributed by atoms with Gasteiger partial charge >= 0.3 is 0 Å². The zero-order valence-corrected chi connectivity index (χ0v) is 16.6. The SMILES string of the molecule is CCNC(=NCc1ccc(C#N)cc1F)NC1CCCC(C)C1.I. The largest absolute Gasteiger partial charge is 0.357 e. The van der Waals surface area contributed by atoms with Gasteiger partial charge < -0.3 is 10.6 Å². The molecule has 132 valence electrons. The summed E-state index contributed by atoms with van der Waals surface area (Å²) in [6, 6.07) is 6.88. The Morgan fingerprint density at radius 3 is 2.83 bits per heavy atom. The van der Waals surface area contributed by atoms with Gasteiger partial charge in [0, 0.05) is 18.2 Å². The van der Waals surface area contributed by atoms with E-state index < -0.39 is 0 Å².